The fraction of sp³-hybridized carbons (Fsp3) is 0.364. The van der Waals surface area contributed by atoms with E-state index in [1.165, 1.54) is 0 Å². The summed E-state index contributed by atoms with van der Waals surface area (Å²) in [5, 5.41) is 3.11. The van der Waals surface area contributed by atoms with E-state index in [0.29, 0.717) is 30.1 Å². The van der Waals surface area contributed by atoms with Crippen LogP contribution in [0, 0.1) is 0 Å². The van der Waals surface area contributed by atoms with Crippen LogP contribution < -0.4 is 16.8 Å². The molecule has 5 heteroatoms. The zero-order valence-electron chi connectivity index (χ0n) is 9.32. The van der Waals surface area contributed by atoms with Gasteiger partial charge in [0.05, 0.1) is 5.56 Å². The number of rotatable bonds is 6. The van der Waals surface area contributed by atoms with Gasteiger partial charge in [-0.25, -0.2) is 0 Å². The Morgan fingerprint density at radius 1 is 1.50 bits per heavy atom. The number of benzene rings is 1. The first-order chi connectivity index (χ1) is 7.65. The van der Waals surface area contributed by atoms with Crippen molar-refractivity contribution in [3.8, 4) is 0 Å². The van der Waals surface area contributed by atoms with Gasteiger partial charge in [-0.15, -0.1) is 0 Å². The molecule has 0 aliphatic heterocycles. The van der Waals surface area contributed by atoms with E-state index in [-0.39, 0.29) is 0 Å². The minimum atomic E-state index is -0.464. The highest BCUT2D eigenvalue weighted by molar-refractivity contribution is 5.99. The number of nitrogens with two attached hydrogens (primary N) is 2. The minimum absolute atomic E-state index is 0.451. The lowest BCUT2D eigenvalue weighted by molar-refractivity contribution is 0.100. The molecule has 0 bridgehead atoms. The second kappa shape index (κ2) is 5.97. The summed E-state index contributed by atoms with van der Waals surface area (Å²) in [6.07, 6.45) is 0.851. The summed E-state index contributed by atoms with van der Waals surface area (Å²) in [7, 11) is 1.65. The van der Waals surface area contributed by atoms with Crippen molar-refractivity contribution in [3.05, 3.63) is 23.8 Å². The number of nitrogen functional groups attached to an aromatic ring is 1. The molecular formula is C11H17N3O2. The molecule has 0 saturated carbocycles. The van der Waals surface area contributed by atoms with Gasteiger partial charge in [0.25, 0.3) is 5.91 Å². The normalized spacial score (nSPS) is 10.1. The summed E-state index contributed by atoms with van der Waals surface area (Å²) >= 11 is 0. The Morgan fingerprint density at radius 3 is 2.88 bits per heavy atom. The summed E-state index contributed by atoms with van der Waals surface area (Å²) in [6.45, 7) is 1.37. The Kier molecular flexibility index (Phi) is 4.60. The molecule has 0 fully saturated rings. The van der Waals surface area contributed by atoms with E-state index in [9.17, 15) is 4.79 Å². The Balaban J connectivity index is 2.68. The second-order valence-corrected chi connectivity index (χ2v) is 3.44. The first kappa shape index (κ1) is 12.3. The molecule has 0 unspecified atom stereocenters. The monoisotopic (exact) mass is 223 g/mol. The van der Waals surface area contributed by atoms with Crippen LogP contribution >= 0.6 is 0 Å². The smallest absolute Gasteiger partial charge is 0.250 e. The van der Waals surface area contributed by atoms with Crippen LogP contribution in [0.2, 0.25) is 0 Å². The lowest BCUT2D eigenvalue weighted by Gasteiger charge is -2.10. The van der Waals surface area contributed by atoms with Gasteiger partial charge in [0.1, 0.15) is 0 Å². The molecule has 0 aromatic heterocycles. The van der Waals surface area contributed by atoms with E-state index in [0.717, 1.165) is 6.42 Å². The molecule has 0 radical (unpaired) electrons. The van der Waals surface area contributed by atoms with E-state index in [2.05, 4.69) is 5.32 Å². The van der Waals surface area contributed by atoms with Crippen molar-refractivity contribution in [3.63, 3.8) is 0 Å². The number of nitrogens with one attached hydrogen (secondary N) is 1. The number of primary amides is 1. The highest BCUT2D eigenvalue weighted by Crippen LogP contribution is 2.18. The van der Waals surface area contributed by atoms with Crippen LogP contribution in [0.1, 0.15) is 16.8 Å². The van der Waals surface area contributed by atoms with Gasteiger partial charge >= 0.3 is 0 Å². The summed E-state index contributed by atoms with van der Waals surface area (Å²) in [4.78, 5) is 11.1. The largest absolute Gasteiger partial charge is 0.399 e. The van der Waals surface area contributed by atoms with Crippen LogP contribution in [0.5, 0.6) is 0 Å². The maximum Gasteiger partial charge on any atom is 0.250 e. The van der Waals surface area contributed by atoms with Crippen LogP contribution in [0.15, 0.2) is 18.2 Å². The minimum Gasteiger partial charge on any atom is -0.399 e. The number of hydrogen-bond donors (Lipinski definition) is 3. The number of carbonyl (C=O) groups is 1. The average Bonchev–Trinajstić information content (AvgIpc) is 2.24. The van der Waals surface area contributed by atoms with Crippen LogP contribution in [0.4, 0.5) is 11.4 Å². The molecular weight excluding hydrogens is 206 g/mol. The first-order valence-corrected chi connectivity index (χ1v) is 5.07. The number of carbonyl (C=O) groups excluding carboxylic acids is 1. The number of hydrogen-bond acceptors (Lipinski definition) is 4. The topological polar surface area (TPSA) is 90.4 Å². The maximum atomic E-state index is 11.1. The summed E-state index contributed by atoms with van der Waals surface area (Å²) in [5.74, 6) is -0.464. The Morgan fingerprint density at radius 2 is 2.25 bits per heavy atom. The van der Waals surface area contributed by atoms with Crippen molar-refractivity contribution in [2.24, 2.45) is 5.73 Å². The molecule has 1 aromatic carbocycles. The Hall–Kier alpha value is -1.75. The standard InChI is InChI=1S/C11H17N3O2/c1-16-6-2-5-14-10-7-8(12)3-4-9(10)11(13)15/h3-4,7,14H,2,5-6,12H2,1H3,(H2,13,15). The number of ether oxygens (including phenoxy) is 1. The Labute approximate surface area is 94.8 Å². The van der Waals surface area contributed by atoms with Crippen LogP contribution in [-0.2, 0) is 4.74 Å². The highest BCUT2D eigenvalue weighted by Gasteiger charge is 2.07. The Bertz CT molecular complexity index is 366. The fourth-order valence-corrected chi connectivity index (χ4v) is 1.36. The molecule has 5 N–H and O–H groups in total. The third-order valence-electron chi connectivity index (χ3n) is 2.15. The van der Waals surface area contributed by atoms with Gasteiger partial charge < -0.3 is 21.5 Å². The van der Waals surface area contributed by atoms with E-state index in [1.807, 2.05) is 0 Å². The van der Waals surface area contributed by atoms with E-state index < -0.39 is 5.91 Å². The predicted octanol–water partition coefficient (Wildman–Crippen LogP) is 0.816. The average molecular weight is 223 g/mol. The molecule has 0 heterocycles. The van der Waals surface area contributed by atoms with Crippen molar-refractivity contribution in [1.29, 1.82) is 0 Å². The summed E-state index contributed by atoms with van der Waals surface area (Å²) in [6, 6.07) is 4.98. The molecule has 1 amide bonds. The van der Waals surface area contributed by atoms with Crippen molar-refractivity contribution in [2.45, 2.75) is 6.42 Å². The SMILES string of the molecule is COCCCNc1cc(N)ccc1C(N)=O. The van der Waals surface area contributed by atoms with Gasteiger partial charge in [0.15, 0.2) is 0 Å². The molecule has 88 valence electrons. The van der Waals surface area contributed by atoms with Crippen molar-refractivity contribution >= 4 is 17.3 Å². The lowest BCUT2D eigenvalue weighted by Crippen LogP contribution is -2.15. The third-order valence-corrected chi connectivity index (χ3v) is 2.15. The van der Waals surface area contributed by atoms with E-state index in [4.69, 9.17) is 16.2 Å². The van der Waals surface area contributed by atoms with Crippen molar-refractivity contribution in [1.82, 2.24) is 0 Å². The summed E-state index contributed by atoms with van der Waals surface area (Å²) < 4.78 is 4.92. The van der Waals surface area contributed by atoms with E-state index in [1.54, 1.807) is 25.3 Å². The van der Waals surface area contributed by atoms with Crippen molar-refractivity contribution in [2.75, 3.05) is 31.3 Å². The van der Waals surface area contributed by atoms with Crippen molar-refractivity contribution < 1.29 is 9.53 Å². The van der Waals surface area contributed by atoms with E-state index >= 15 is 0 Å². The maximum absolute atomic E-state index is 11.1. The first-order valence-electron chi connectivity index (χ1n) is 5.07. The summed E-state index contributed by atoms with van der Waals surface area (Å²) in [5.41, 5.74) is 12.6. The number of methoxy groups -OCH3 is 1. The molecule has 0 spiro atoms. The zero-order valence-corrected chi connectivity index (χ0v) is 9.32. The lowest BCUT2D eigenvalue weighted by atomic mass is 10.1. The molecule has 1 rings (SSSR count). The number of amides is 1. The van der Waals surface area contributed by atoms with Gasteiger partial charge in [-0.3, -0.25) is 4.79 Å². The molecule has 0 aliphatic carbocycles. The molecule has 0 atom stereocenters. The van der Waals surface area contributed by atoms with Crippen LogP contribution in [-0.4, -0.2) is 26.2 Å². The molecule has 0 aliphatic rings. The van der Waals surface area contributed by atoms with Crippen LogP contribution in [0.25, 0.3) is 0 Å². The molecule has 5 nitrogen and oxygen atoms in total. The van der Waals surface area contributed by atoms with Crippen LogP contribution in [0.3, 0.4) is 0 Å². The quantitative estimate of drug-likeness (QED) is 0.492. The van der Waals surface area contributed by atoms with Gasteiger partial charge in [-0.2, -0.15) is 0 Å². The highest BCUT2D eigenvalue weighted by atomic mass is 16.5. The third kappa shape index (κ3) is 3.43. The number of anilines is 2. The van der Waals surface area contributed by atoms with Gasteiger partial charge in [0.2, 0.25) is 0 Å². The predicted molar refractivity (Wildman–Crippen MR) is 64.4 cm³/mol. The second-order valence-electron chi connectivity index (χ2n) is 3.44. The van der Waals surface area contributed by atoms with Gasteiger partial charge in [0, 0.05) is 31.6 Å². The zero-order chi connectivity index (χ0) is 12.0. The molecule has 1 aromatic rings. The fourth-order valence-electron chi connectivity index (χ4n) is 1.36. The van der Waals surface area contributed by atoms with Gasteiger partial charge in [-0.05, 0) is 24.6 Å². The molecule has 16 heavy (non-hydrogen) atoms. The molecule has 0 saturated heterocycles. The van der Waals surface area contributed by atoms with Gasteiger partial charge in [-0.1, -0.05) is 0 Å².